The second-order valence-electron chi connectivity index (χ2n) is 9.02. The molecule has 172 valence electrons. The number of hydrogen-bond acceptors (Lipinski definition) is 6. The summed E-state index contributed by atoms with van der Waals surface area (Å²) in [4.78, 5) is 37.1. The number of fused-ring (bicyclic) bond motifs is 3. The largest absolute Gasteiger partial charge is 0.474 e. The Labute approximate surface area is 197 Å². The van der Waals surface area contributed by atoms with Crippen molar-refractivity contribution in [1.29, 1.82) is 0 Å². The van der Waals surface area contributed by atoms with E-state index in [2.05, 4.69) is 34.3 Å². The summed E-state index contributed by atoms with van der Waals surface area (Å²) in [5.41, 5.74) is 5.61. The van der Waals surface area contributed by atoms with Crippen LogP contribution in [0.4, 0.5) is 22.9 Å². The molecule has 0 aliphatic carbocycles. The molecule has 0 radical (unpaired) electrons. The van der Waals surface area contributed by atoms with E-state index in [0.29, 0.717) is 36.8 Å². The lowest BCUT2D eigenvalue weighted by atomic mass is 10.0. The van der Waals surface area contributed by atoms with Crippen LogP contribution >= 0.6 is 0 Å². The van der Waals surface area contributed by atoms with Crippen molar-refractivity contribution in [2.24, 2.45) is 0 Å². The van der Waals surface area contributed by atoms with E-state index in [1.165, 1.54) is 0 Å². The van der Waals surface area contributed by atoms with Gasteiger partial charge in [0.2, 0.25) is 17.7 Å². The standard InChI is InChI=1S/C26H25N5O3/c1-16-11-19(30-10-2-3-24(30)32)5-7-21(16)17-4-8-23(27-13-17)29-18-12-22-26(28-14-18)34-15-20-6-9-25(33)31(20)22/h4-5,7-8,11-14,20H,2-3,6,9-10,15H2,1H3,(H,27,29)/t20-/m0/s1. The van der Waals surface area contributed by atoms with Crippen LogP contribution in [0.2, 0.25) is 0 Å². The summed E-state index contributed by atoms with van der Waals surface area (Å²) in [5.74, 6) is 1.49. The van der Waals surface area contributed by atoms with Gasteiger partial charge in [-0.3, -0.25) is 9.59 Å². The maximum atomic E-state index is 12.3. The van der Waals surface area contributed by atoms with Crippen LogP contribution in [0.15, 0.2) is 48.8 Å². The van der Waals surface area contributed by atoms with Gasteiger partial charge < -0.3 is 19.9 Å². The van der Waals surface area contributed by atoms with Crippen LogP contribution in [0.5, 0.6) is 5.88 Å². The fourth-order valence-corrected chi connectivity index (χ4v) is 5.04. The van der Waals surface area contributed by atoms with E-state index in [0.717, 1.165) is 47.5 Å². The third-order valence-corrected chi connectivity index (χ3v) is 6.77. The average Bonchev–Trinajstić information content (AvgIpc) is 3.45. The Morgan fingerprint density at radius 3 is 2.71 bits per heavy atom. The summed E-state index contributed by atoms with van der Waals surface area (Å²) < 4.78 is 5.74. The molecule has 34 heavy (non-hydrogen) atoms. The zero-order valence-electron chi connectivity index (χ0n) is 19.0. The van der Waals surface area contributed by atoms with Gasteiger partial charge in [-0.1, -0.05) is 6.07 Å². The highest BCUT2D eigenvalue weighted by atomic mass is 16.5. The number of carbonyl (C=O) groups excluding carboxylic acids is 2. The molecule has 1 aromatic carbocycles. The normalized spacial score (nSPS) is 19.1. The Hall–Kier alpha value is -3.94. The van der Waals surface area contributed by atoms with Crippen molar-refractivity contribution in [3.05, 3.63) is 54.4 Å². The molecule has 3 aromatic rings. The van der Waals surface area contributed by atoms with E-state index in [9.17, 15) is 9.59 Å². The molecule has 3 aliphatic rings. The summed E-state index contributed by atoms with van der Waals surface area (Å²) in [6, 6.07) is 12.1. The number of benzene rings is 1. The number of rotatable bonds is 4. The third-order valence-electron chi connectivity index (χ3n) is 6.77. The zero-order chi connectivity index (χ0) is 23.2. The number of amides is 2. The van der Waals surface area contributed by atoms with Gasteiger partial charge in [0, 0.05) is 36.8 Å². The van der Waals surface area contributed by atoms with Crippen LogP contribution < -0.4 is 19.9 Å². The molecule has 6 rings (SSSR count). The number of anilines is 4. The van der Waals surface area contributed by atoms with Gasteiger partial charge in [-0.2, -0.15) is 0 Å². The van der Waals surface area contributed by atoms with Crippen LogP contribution in [0.1, 0.15) is 31.2 Å². The summed E-state index contributed by atoms with van der Waals surface area (Å²) in [6.07, 6.45) is 6.43. The van der Waals surface area contributed by atoms with Gasteiger partial charge in [0.15, 0.2) is 0 Å². The number of pyridine rings is 2. The lowest BCUT2D eigenvalue weighted by Crippen LogP contribution is -2.40. The summed E-state index contributed by atoms with van der Waals surface area (Å²) in [7, 11) is 0. The summed E-state index contributed by atoms with van der Waals surface area (Å²) in [6.45, 7) is 3.34. The number of aryl methyl sites for hydroxylation is 1. The lowest BCUT2D eigenvalue weighted by molar-refractivity contribution is -0.118. The van der Waals surface area contributed by atoms with Gasteiger partial charge in [-0.05, 0) is 61.2 Å². The molecule has 0 unspecified atom stereocenters. The first-order chi connectivity index (χ1) is 16.6. The molecule has 2 aromatic heterocycles. The first-order valence-corrected chi connectivity index (χ1v) is 11.7. The van der Waals surface area contributed by atoms with Crippen molar-refractivity contribution in [2.75, 3.05) is 28.3 Å². The first-order valence-electron chi connectivity index (χ1n) is 11.7. The van der Waals surface area contributed by atoms with E-state index in [4.69, 9.17) is 4.74 Å². The maximum Gasteiger partial charge on any atom is 0.238 e. The molecule has 3 aliphatic heterocycles. The molecule has 8 nitrogen and oxygen atoms in total. The first kappa shape index (κ1) is 20.7. The average molecular weight is 456 g/mol. The predicted octanol–water partition coefficient (Wildman–Crippen LogP) is 4.21. The summed E-state index contributed by atoms with van der Waals surface area (Å²) in [5, 5.41) is 3.28. The fraction of sp³-hybridized carbons (Fsp3) is 0.308. The number of nitrogens with zero attached hydrogens (tertiary/aromatic N) is 4. The van der Waals surface area contributed by atoms with Crippen molar-refractivity contribution in [3.63, 3.8) is 0 Å². The minimum absolute atomic E-state index is 0.0904. The second kappa shape index (κ2) is 8.13. The fourth-order valence-electron chi connectivity index (χ4n) is 5.04. The predicted molar refractivity (Wildman–Crippen MR) is 130 cm³/mol. The third kappa shape index (κ3) is 3.55. The molecular formula is C26H25N5O3. The van der Waals surface area contributed by atoms with E-state index in [-0.39, 0.29) is 17.9 Å². The zero-order valence-corrected chi connectivity index (χ0v) is 19.0. The van der Waals surface area contributed by atoms with Gasteiger partial charge in [0.05, 0.1) is 17.9 Å². The minimum Gasteiger partial charge on any atom is -0.474 e. The van der Waals surface area contributed by atoms with E-state index in [1.54, 1.807) is 6.20 Å². The maximum absolute atomic E-state index is 12.3. The molecule has 2 fully saturated rings. The van der Waals surface area contributed by atoms with Crippen molar-refractivity contribution in [2.45, 2.75) is 38.6 Å². The molecule has 1 N–H and O–H groups in total. The minimum atomic E-state index is 0.0904. The highest BCUT2D eigenvalue weighted by molar-refractivity contribution is 5.98. The summed E-state index contributed by atoms with van der Waals surface area (Å²) >= 11 is 0. The van der Waals surface area contributed by atoms with E-state index >= 15 is 0 Å². The Morgan fingerprint density at radius 1 is 1.03 bits per heavy atom. The van der Waals surface area contributed by atoms with Crippen molar-refractivity contribution >= 4 is 34.7 Å². The van der Waals surface area contributed by atoms with Crippen molar-refractivity contribution in [3.8, 4) is 17.0 Å². The lowest BCUT2D eigenvalue weighted by Gasteiger charge is -2.31. The van der Waals surface area contributed by atoms with Crippen LogP contribution in [0, 0.1) is 6.92 Å². The van der Waals surface area contributed by atoms with Crippen LogP contribution in [-0.2, 0) is 9.59 Å². The van der Waals surface area contributed by atoms with Crippen molar-refractivity contribution in [1.82, 2.24) is 9.97 Å². The molecule has 2 saturated heterocycles. The van der Waals surface area contributed by atoms with Crippen LogP contribution in [0.25, 0.3) is 11.1 Å². The SMILES string of the molecule is Cc1cc(N2CCCC2=O)ccc1-c1ccc(Nc2cnc3c(c2)N2C(=O)CC[C@H]2CO3)nc1. The van der Waals surface area contributed by atoms with Gasteiger partial charge in [-0.25, -0.2) is 9.97 Å². The molecule has 0 spiro atoms. The number of hydrogen-bond donors (Lipinski definition) is 1. The van der Waals surface area contributed by atoms with Crippen LogP contribution in [-0.4, -0.2) is 41.0 Å². The monoisotopic (exact) mass is 455 g/mol. The molecule has 2 amide bonds. The number of carbonyl (C=O) groups is 2. The molecule has 8 heteroatoms. The van der Waals surface area contributed by atoms with Gasteiger partial charge in [-0.15, -0.1) is 0 Å². The van der Waals surface area contributed by atoms with Gasteiger partial charge in [0.1, 0.15) is 18.1 Å². The smallest absolute Gasteiger partial charge is 0.238 e. The van der Waals surface area contributed by atoms with E-state index < -0.39 is 0 Å². The van der Waals surface area contributed by atoms with E-state index in [1.807, 2.05) is 40.3 Å². The van der Waals surface area contributed by atoms with Gasteiger partial charge in [0.25, 0.3) is 0 Å². The number of nitrogens with one attached hydrogen (secondary N) is 1. The molecule has 0 bridgehead atoms. The quantitative estimate of drug-likeness (QED) is 0.634. The van der Waals surface area contributed by atoms with Crippen LogP contribution in [0.3, 0.4) is 0 Å². The molecule has 5 heterocycles. The molecule has 0 saturated carbocycles. The van der Waals surface area contributed by atoms with Gasteiger partial charge >= 0.3 is 0 Å². The Kier molecular flexibility index (Phi) is 4.94. The highest BCUT2D eigenvalue weighted by Crippen LogP contribution is 2.39. The number of aromatic nitrogens is 2. The molecule has 1 atom stereocenters. The Balaban J connectivity index is 1.21. The Bertz CT molecular complexity index is 1290. The topological polar surface area (TPSA) is 87.7 Å². The second-order valence-corrected chi connectivity index (χ2v) is 9.02. The molecular weight excluding hydrogens is 430 g/mol. The van der Waals surface area contributed by atoms with Crippen molar-refractivity contribution < 1.29 is 14.3 Å². The highest BCUT2D eigenvalue weighted by Gasteiger charge is 2.38. The number of ether oxygens (including phenoxy) is 1. The Morgan fingerprint density at radius 2 is 1.94 bits per heavy atom.